The first-order valence-corrected chi connectivity index (χ1v) is 12.6. The van der Waals surface area contributed by atoms with Crippen LogP contribution in [0, 0.1) is 0 Å². The fraction of sp³-hybridized carbons (Fsp3) is 0.462. The lowest BCUT2D eigenvalue weighted by molar-refractivity contribution is -0.137. The van der Waals surface area contributed by atoms with Crippen molar-refractivity contribution in [2.24, 2.45) is 0 Å². The van der Waals surface area contributed by atoms with Gasteiger partial charge in [0.05, 0.1) is 10.2 Å². The highest BCUT2D eigenvalue weighted by Gasteiger charge is 2.28. The minimum atomic E-state index is -0.679. The van der Waals surface area contributed by atoms with E-state index in [9.17, 15) is 4.79 Å². The molecule has 1 saturated carbocycles. The molecule has 2 aromatic carbocycles. The molecule has 1 aromatic heterocycles. The van der Waals surface area contributed by atoms with Crippen molar-refractivity contribution in [1.82, 2.24) is 9.88 Å². The summed E-state index contributed by atoms with van der Waals surface area (Å²) in [6.45, 7) is 2.25. The van der Waals surface area contributed by atoms with Crippen molar-refractivity contribution in [3.63, 3.8) is 0 Å². The zero-order chi connectivity index (χ0) is 22.2. The van der Waals surface area contributed by atoms with Crippen LogP contribution in [-0.4, -0.2) is 40.1 Å². The van der Waals surface area contributed by atoms with Crippen LogP contribution in [0.15, 0.2) is 48.5 Å². The van der Waals surface area contributed by atoms with Crippen molar-refractivity contribution in [1.29, 1.82) is 0 Å². The molecule has 3 aromatic rings. The van der Waals surface area contributed by atoms with Gasteiger partial charge in [0.25, 0.3) is 5.19 Å². The molecule has 0 spiro atoms. The molecular formula is C26H32N2O3S. The van der Waals surface area contributed by atoms with Crippen LogP contribution in [0.25, 0.3) is 10.2 Å². The summed E-state index contributed by atoms with van der Waals surface area (Å²) in [5.41, 5.74) is 2.31. The summed E-state index contributed by atoms with van der Waals surface area (Å²) in [4.78, 5) is 17.7. The van der Waals surface area contributed by atoms with Crippen LogP contribution in [0.4, 0.5) is 0 Å². The second-order valence-electron chi connectivity index (χ2n) is 8.62. The van der Waals surface area contributed by atoms with E-state index in [1.54, 1.807) is 11.3 Å². The molecule has 0 amide bonds. The Hall–Kier alpha value is -2.44. The number of nitrogens with zero attached hydrogens (tertiary/aromatic N) is 2. The molecule has 1 N–H and O–H groups in total. The Balaban J connectivity index is 1.19. The molecule has 0 unspecified atom stereocenters. The smallest absolute Gasteiger partial charge is 0.303 e. The molecule has 32 heavy (non-hydrogen) atoms. The zero-order valence-corrected chi connectivity index (χ0v) is 19.4. The maximum atomic E-state index is 10.6. The van der Waals surface area contributed by atoms with Crippen molar-refractivity contribution in [3.8, 4) is 10.9 Å². The average molecular weight is 453 g/mol. The van der Waals surface area contributed by atoms with Crippen LogP contribution in [0.2, 0.25) is 0 Å². The topological polar surface area (TPSA) is 62.7 Å². The number of aliphatic carboxylic acids is 1. The number of para-hydroxylation sites is 1. The van der Waals surface area contributed by atoms with Crippen LogP contribution in [-0.2, 0) is 11.2 Å². The van der Waals surface area contributed by atoms with E-state index in [-0.39, 0.29) is 0 Å². The van der Waals surface area contributed by atoms with Crippen molar-refractivity contribution < 1.29 is 14.6 Å². The minimum absolute atomic E-state index is 0.304. The first-order chi connectivity index (χ1) is 15.7. The molecule has 1 heterocycles. The van der Waals surface area contributed by atoms with E-state index in [4.69, 9.17) is 9.84 Å². The summed E-state index contributed by atoms with van der Waals surface area (Å²) in [5, 5.41) is 9.39. The van der Waals surface area contributed by atoms with Gasteiger partial charge < -0.3 is 14.7 Å². The Morgan fingerprint density at radius 3 is 2.50 bits per heavy atom. The first kappa shape index (κ1) is 22.7. The number of hydrogen-bond acceptors (Lipinski definition) is 5. The van der Waals surface area contributed by atoms with E-state index in [1.807, 2.05) is 30.3 Å². The zero-order valence-electron chi connectivity index (χ0n) is 18.5. The van der Waals surface area contributed by atoms with Gasteiger partial charge in [0.1, 0.15) is 5.75 Å². The molecule has 0 saturated heterocycles. The van der Waals surface area contributed by atoms with Crippen molar-refractivity contribution in [2.45, 2.75) is 63.8 Å². The molecular weight excluding hydrogens is 420 g/mol. The molecule has 0 radical (unpaired) electrons. The number of benzene rings is 2. The minimum Gasteiger partial charge on any atom is -0.481 e. The third-order valence-corrected chi connectivity index (χ3v) is 6.90. The Labute approximate surface area is 194 Å². The lowest BCUT2D eigenvalue weighted by Gasteiger charge is -2.22. The van der Waals surface area contributed by atoms with Crippen LogP contribution in [0.3, 0.4) is 0 Å². The molecule has 6 heteroatoms. The molecule has 4 rings (SSSR count). The fourth-order valence-electron chi connectivity index (χ4n) is 4.03. The van der Waals surface area contributed by atoms with Crippen molar-refractivity contribution >= 4 is 27.5 Å². The second kappa shape index (κ2) is 11.4. The molecule has 1 aliphatic carbocycles. The van der Waals surface area contributed by atoms with Gasteiger partial charge in [0, 0.05) is 19.0 Å². The van der Waals surface area contributed by atoms with Gasteiger partial charge in [-0.1, -0.05) is 54.9 Å². The maximum Gasteiger partial charge on any atom is 0.303 e. The Morgan fingerprint density at radius 1 is 1.00 bits per heavy atom. The number of carboxylic acids is 1. The quantitative estimate of drug-likeness (QED) is 0.282. The van der Waals surface area contributed by atoms with E-state index in [1.165, 1.54) is 31.2 Å². The van der Waals surface area contributed by atoms with Gasteiger partial charge in [-0.25, -0.2) is 4.98 Å². The standard InChI is InChI=1S/C26H32N2O3S/c29-25(30)10-4-2-1-3-7-18-28(21-13-14-21)19-17-20-11-15-22(16-12-20)31-26-27-23-8-5-6-9-24(23)32-26/h5-6,8-9,11-12,15-16,21H,1-4,7,10,13-14,17-19H2,(H,29,30). The number of fused-ring (bicyclic) bond motifs is 1. The van der Waals surface area contributed by atoms with Gasteiger partial charge >= 0.3 is 5.97 Å². The molecule has 0 aliphatic heterocycles. The average Bonchev–Trinajstić information content (AvgIpc) is 3.55. The van der Waals surface area contributed by atoms with Gasteiger partial charge in [-0.2, -0.15) is 0 Å². The van der Waals surface area contributed by atoms with Crippen LogP contribution in [0.1, 0.15) is 56.9 Å². The number of carboxylic acid groups (broad SMARTS) is 1. The summed E-state index contributed by atoms with van der Waals surface area (Å²) in [6.07, 6.45) is 9.39. The highest BCUT2D eigenvalue weighted by atomic mass is 32.1. The SMILES string of the molecule is O=C(O)CCCCCCCN(CCc1ccc(Oc2nc3ccccc3s2)cc1)C1CC1. The lowest BCUT2D eigenvalue weighted by Crippen LogP contribution is -2.29. The van der Waals surface area contributed by atoms with Crippen LogP contribution in [0.5, 0.6) is 10.9 Å². The highest BCUT2D eigenvalue weighted by Crippen LogP contribution is 2.31. The maximum absolute atomic E-state index is 10.6. The number of rotatable bonds is 14. The van der Waals surface area contributed by atoms with Gasteiger partial charge in [-0.3, -0.25) is 4.79 Å². The van der Waals surface area contributed by atoms with Crippen molar-refractivity contribution in [2.75, 3.05) is 13.1 Å². The van der Waals surface area contributed by atoms with E-state index in [2.05, 4.69) is 28.1 Å². The predicted octanol–water partition coefficient (Wildman–Crippen LogP) is 6.52. The highest BCUT2D eigenvalue weighted by molar-refractivity contribution is 7.20. The molecule has 1 aliphatic rings. The van der Waals surface area contributed by atoms with Gasteiger partial charge in [-0.15, -0.1) is 0 Å². The van der Waals surface area contributed by atoms with Crippen molar-refractivity contribution in [3.05, 3.63) is 54.1 Å². The lowest BCUT2D eigenvalue weighted by atomic mass is 10.1. The number of carbonyl (C=O) groups is 1. The number of aromatic nitrogens is 1. The summed E-state index contributed by atoms with van der Waals surface area (Å²) in [6, 6.07) is 17.3. The van der Waals surface area contributed by atoms with E-state index < -0.39 is 5.97 Å². The fourth-order valence-corrected chi connectivity index (χ4v) is 4.87. The summed E-state index contributed by atoms with van der Waals surface area (Å²) < 4.78 is 7.10. The molecule has 5 nitrogen and oxygen atoms in total. The number of thiazole rings is 1. The van der Waals surface area contributed by atoms with Gasteiger partial charge in [-0.05, 0) is 68.5 Å². The third kappa shape index (κ3) is 7.04. The molecule has 0 atom stereocenters. The first-order valence-electron chi connectivity index (χ1n) is 11.8. The van der Waals surface area contributed by atoms with Crippen LogP contribution >= 0.6 is 11.3 Å². The number of unbranched alkanes of at least 4 members (excludes halogenated alkanes) is 4. The number of hydrogen-bond donors (Lipinski definition) is 1. The molecule has 0 bridgehead atoms. The third-order valence-electron chi connectivity index (χ3n) is 5.99. The van der Waals surface area contributed by atoms with E-state index in [0.29, 0.717) is 11.6 Å². The molecule has 170 valence electrons. The summed E-state index contributed by atoms with van der Waals surface area (Å²) in [5.74, 6) is 0.149. The van der Waals surface area contributed by atoms with E-state index >= 15 is 0 Å². The monoisotopic (exact) mass is 452 g/mol. The predicted molar refractivity (Wildman–Crippen MR) is 130 cm³/mol. The largest absolute Gasteiger partial charge is 0.481 e. The summed E-state index contributed by atoms with van der Waals surface area (Å²) in [7, 11) is 0. The Morgan fingerprint density at radius 2 is 1.75 bits per heavy atom. The van der Waals surface area contributed by atoms with Gasteiger partial charge in [0.2, 0.25) is 0 Å². The Bertz CT molecular complexity index is 965. The van der Waals surface area contributed by atoms with Crippen LogP contribution < -0.4 is 4.74 Å². The Kier molecular flexibility index (Phi) is 8.13. The number of ether oxygens (including phenoxy) is 1. The normalized spacial score (nSPS) is 13.7. The van der Waals surface area contributed by atoms with Gasteiger partial charge in [0.15, 0.2) is 0 Å². The summed E-state index contributed by atoms with van der Waals surface area (Å²) >= 11 is 1.57. The second-order valence-corrected chi connectivity index (χ2v) is 9.62. The van der Waals surface area contributed by atoms with E-state index in [0.717, 1.165) is 60.8 Å². The molecule has 1 fully saturated rings.